The molecule has 1 spiro atoms. The number of nitrogens with one attached hydrogen (secondary N) is 3. The molecular weight excluding hydrogens is 382 g/mol. The molecule has 8 heteroatoms. The lowest BCUT2D eigenvalue weighted by Crippen LogP contribution is -2.52. The minimum absolute atomic E-state index is 0.176. The van der Waals surface area contributed by atoms with E-state index in [4.69, 9.17) is 0 Å². The Balaban J connectivity index is 1.69. The predicted octanol–water partition coefficient (Wildman–Crippen LogP) is 2.80. The van der Waals surface area contributed by atoms with E-state index in [9.17, 15) is 14.4 Å². The van der Waals surface area contributed by atoms with Gasteiger partial charge in [0.15, 0.2) is 0 Å². The highest BCUT2D eigenvalue weighted by molar-refractivity contribution is 6.00. The van der Waals surface area contributed by atoms with Gasteiger partial charge in [0.1, 0.15) is 17.2 Å². The van der Waals surface area contributed by atoms with Gasteiger partial charge in [0, 0.05) is 37.0 Å². The van der Waals surface area contributed by atoms with E-state index in [1.807, 2.05) is 13.8 Å². The molecular formula is C22H27N5O3. The van der Waals surface area contributed by atoms with Crippen molar-refractivity contribution in [3.8, 4) is 0 Å². The first-order valence-electron chi connectivity index (χ1n) is 10.4. The molecule has 0 radical (unpaired) electrons. The first-order valence-corrected chi connectivity index (χ1v) is 10.4. The summed E-state index contributed by atoms with van der Waals surface area (Å²) in [6.45, 7) is 5.30. The molecule has 0 bridgehead atoms. The summed E-state index contributed by atoms with van der Waals surface area (Å²) >= 11 is 0. The van der Waals surface area contributed by atoms with Crippen LogP contribution in [0, 0.1) is 0 Å². The van der Waals surface area contributed by atoms with E-state index in [1.54, 1.807) is 17.2 Å². The van der Waals surface area contributed by atoms with Crippen LogP contribution in [-0.2, 0) is 20.8 Å². The summed E-state index contributed by atoms with van der Waals surface area (Å²) in [5.74, 6) is 0.123. The minimum atomic E-state index is -0.586. The average molecular weight is 409 g/mol. The zero-order chi connectivity index (χ0) is 21.5. The molecule has 8 nitrogen and oxygen atoms in total. The molecule has 0 atom stereocenters. The largest absolute Gasteiger partial charge is 0.359 e. The lowest BCUT2D eigenvalue weighted by molar-refractivity contribution is -0.121. The van der Waals surface area contributed by atoms with Gasteiger partial charge >= 0.3 is 0 Å². The molecule has 2 aliphatic heterocycles. The highest BCUT2D eigenvalue weighted by Gasteiger charge is 2.49. The lowest BCUT2D eigenvalue weighted by atomic mass is 9.88. The average Bonchev–Trinajstić information content (AvgIpc) is 2.97. The van der Waals surface area contributed by atoms with Gasteiger partial charge in [0.25, 0.3) is 5.91 Å². The number of amides is 3. The summed E-state index contributed by atoms with van der Waals surface area (Å²) in [6.07, 6.45) is 7.79. The van der Waals surface area contributed by atoms with Gasteiger partial charge in [0.2, 0.25) is 12.3 Å². The van der Waals surface area contributed by atoms with E-state index < -0.39 is 5.66 Å². The van der Waals surface area contributed by atoms with Crippen LogP contribution in [0.15, 0.2) is 34.8 Å². The number of pyridine rings is 1. The van der Waals surface area contributed by atoms with Crippen LogP contribution in [0.2, 0.25) is 0 Å². The molecule has 4 rings (SSSR count). The maximum Gasteiger partial charge on any atom is 0.270 e. The zero-order valence-electron chi connectivity index (χ0n) is 17.6. The van der Waals surface area contributed by atoms with Gasteiger partial charge in [-0.3, -0.25) is 19.3 Å². The second kappa shape index (κ2) is 7.59. The number of carbonyl (C=O) groups is 3. The standard InChI is InChI=1S/C22H27N5O3/c1-13(20-21(30)26-22(27(20)12-28)7-5-4-6-8-22)17-9-16-11-23-19(25-15(3)29)10-18(16)24-14(17)2/h10-12,24H,4-9H2,1-3H3,(H,26,30)(H,23,25,29)/b20-13-. The fourth-order valence-electron chi connectivity index (χ4n) is 4.81. The number of carbonyl (C=O) groups excluding carboxylic acids is 3. The van der Waals surface area contributed by atoms with Crippen molar-refractivity contribution in [2.24, 2.45) is 0 Å². The molecule has 1 saturated heterocycles. The van der Waals surface area contributed by atoms with Crippen molar-refractivity contribution < 1.29 is 14.4 Å². The number of anilines is 2. The third-order valence-corrected chi connectivity index (χ3v) is 6.29. The summed E-state index contributed by atoms with van der Waals surface area (Å²) in [4.78, 5) is 42.2. The van der Waals surface area contributed by atoms with E-state index in [1.165, 1.54) is 6.92 Å². The zero-order valence-corrected chi connectivity index (χ0v) is 17.6. The van der Waals surface area contributed by atoms with Gasteiger partial charge < -0.3 is 16.0 Å². The van der Waals surface area contributed by atoms with Crippen LogP contribution < -0.4 is 16.0 Å². The van der Waals surface area contributed by atoms with Crippen molar-refractivity contribution in [1.29, 1.82) is 0 Å². The van der Waals surface area contributed by atoms with Crippen LogP contribution in [0.1, 0.15) is 58.4 Å². The topological polar surface area (TPSA) is 103 Å². The van der Waals surface area contributed by atoms with Gasteiger partial charge in [-0.2, -0.15) is 0 Å². The van der Waals surface area contributed by atoms with E-state index in [-0.39, 0.29) is 11.8 Å². The Bertz CT molecular complexity index is 988. The quantitative estimate of drug-likeness (QED) is 0.526. The smallest absolute Gasteiger partial charge is 0.270 e. The molecule has 30 heavy (non-hydrogen) atoms. The van der Waals surface area contributed by atoms with Gasteiger partial charge in [-0.25, -0.2) is 4.98 Å². The van der Waals surface area contributed by atoms with Crippen molar-refractivity contribution in [2.75, 3.05) is 10.6 Å². The number of hydrogen-bond donors (Lipinski definition) is 3. The molecule has 2 fully saturated rings. The monoisotopic (exact) mass is 409 g/mol. The van der Waals surface area contributed by atoms with Gasteiger partial charge in [-0.15, -0.1) is 0 Å². The van der Waals surface area contributed by atoms with Crippen LogP contribution in [-0.4, -0.2) is 33.8 Å². The maximum absolute atomic E-state index is 12.9. The van der Waals surface area contributed by atoms with Crippen molar-refractivity contribution in [3.63, 3.8) is 0 Å². The van der Waals surface area contributed by atoms with Crippen molar-refractivity contribution in [2.45, 2.75) is 65.0 Å². The molecule has 158 valence electrons. The number of hydrogen-bond acceptors (Lipinski definition) is 5. The Labute approximate surface area is 175 Å². The summed E-state index contributed by atoms with van der Waals surface area (Å²) in [7, 11) is 0. The highest BCUT2D eigenvalue weighted by Crippen LogP contribution is 2.40. The molecule has 3 amide bonds. The Kier molecular flexibility index (Phi) is 5.09. The Morgan fingerprint density at radius 2 is 2.00 bits per heavy atom. The Hall–Kier alpha value is -3.16. The molecule has 3 N–H and O–H groups in total. The van der Waals surface area contributed by atoms with E-state index in [0.717, 1.165) is 66.6 Å². The summed E-state index contributed by atoms with van der Waals surface area (Å²) in [6, 6.07) is 1.80. The Morgan fingerprint density at radius 3 is 2.67 bits per heavy atom. The molecule has 0 unspecified atom stereocenters. The number of rotatable bonds is 3. The lowest BCUT2D eigenvalue weighted by Gasteiger charge is -2.38. The second-order valence-corrected chi connectivity index (χ2v) is 8.31. The van der Waals surface area contributed by atoms with Crippen LogP contribution in [0.3, 0.4) is 0 Å². The number of aromatic nitrogens is 1. The summed E-state index contributed by atoms with van der Waals surface area (Å²) < 4.78 is 0. The van der Waals surface area contributed by atoms with Crippen LogP contribution in [0.5, 0.6) is 0 Å². The van der Waals surface area contributed by atoms with Gasteiger partial charge in [-0.1, -0.05) is 6.42 Å². The third kappa shape index (κ3) is 3.36. The van der Waals surface area contributed by atoms with Crippen LogP contribution in [0.25, 0.3) is 0 Å². The van der Waals surface area contributed by atoms with Crippen LogP contribution in [0.4, 0.5) is 11.5 Å². The SMILES string of the molecule is CC(=O)Nc1cc2c(cn1)CC(/C(C)=C1/C(=O)NC3(CCCCC3)N1C=O)=C(C)N2. The van der Waals surface area contributed by atoms with Crippen LogP contribution >= 0.6 is 0 Å². The Morgan fingerprint density at radius 1 is 1.27 bits per heavy atom. The van der Waals surface area contributed by atoms with E-state index in [2.05, 4.69) is 20.9 Å². The molecule has 1 aromatic rings. The first-order chi connectivity index (χ1) is 14.3. The van der Waals surface area contributed by atoms with Gasteiger partial charge in [-0.05, 0) is 56.2 Å². The minimum Gasteiger partial charge on any atom is -0.359 e. The summed E-state index contributed by atoms with van der Waals surface area (Å²) in [5, 5.41) is 9.15. The fraction of sp³-hybridized carbons (Fsp3) is 0.455. The van der Waals surface area contributed by atoms with Crippen molar-refractivity contribution in [1.82, 2.24) is 15.2 Å². The first kappa shape index (κ1) is 20.1. The second-order valence-electron chi connectivity index (χ2n) is 8.31. The summed E-state index contributed by atoms with van der Waals surface area (Å²) in [5.41, 5.74) is 4.37. The predicted molar refractivity (Wildman–Crippen MR) is 113 cm³/mol. The molecule has 3 aliphatic rings. The van der Waals surface area contributed by atoms with Gasteiger partial charge in [0.05, 0.1) is 0 Å². The molecule has 0 aromatic carbocycles. The molecule has 1 aliphatic carbocycles. The molecule has 1 saturated carbocycles. The normalized spacial score (nSPS) is 21.7. The maximum atomic E-state index is 12.9. The molecule has 3 heterocycles. The molecule has 1 aromatic heterocycles. The number of nitrogens with zero attached hydrogens (tertiary/aromatic N) is 2. The fourth-order valence-corrected chi connectivity index (χ4v) is 4.81. The van der Waals surface area contributed by atoms with E-state index in [0.29, 0.717) is 17.9 Å². The van der Waals surface area contributed by atoms with Crippen molar-refractivity contribution in [3.05, 3.63) is 40.4 Å². The number of fused-ring (bicyclic) bond motifs is 1. The highest BCUT2D eigenvalue weighted by atomic mass is 16.2. The van der Waals surface area contributed by atoms with E-state index >= 15 is 0 Å². The van der Waals surface area contributed by atoms with Crippen molar-refractivity contribution >= 4 is 29.7 Å². The third-order valence-electron chi connectivity index (χ3n) is 6.29. The number of allylic oxidation sites excluding steroid dienone is 3.